The Morgan fingerprint density at radius 3 is 2.77 bits per heavy atom. The van der Waals surface area contributed by atoms with Crippen LogP contribution in [0.5, 0.6) is 0 Å². The van der Waals surface area contributed by atoms with Crippen molar-refractivity contribution in [3.05, 3.63) is 34.9 Å². The topological polar surface area (TPSA) is 41.1 Å². The smallest absolute Gasteiger partial charge is 0.224 e. The van der Waals surface area contributed by atoms with Gasteiger partial charge >= 0.3 is 0 Å². The van der Waals surface area contributed by atoms with Crippen molar-refractivity contribution in [1.82, 2.24) is 10.6 Å². The number of amides is 1. The molecule has 0 radical (unpaired) electrons. The van der Waals surface area contributed by atoms with E-state index in [1.54, 1.807) is 0 Å². The Balaban J connectivity index is 0.00000176. The Labute approximate surface area is 143 Å². The lowest BCUT2D eigenvalue weighted by atomic mass is 9.78. The number of nitrogens with one attached hydrogen (secondary N) is 2. The summed E-state index contributed by atoms with van der Waals surface area (Å²) >= 11 is 6.16. The van der Waals surface area contributed by atoms with Crippen molar-refractivity contribution >= 4 is 29.9 Å². The van der Waals surface area contributed by atoms with Gasteiger partial charge in [-0.25, -0.2) is 0 Å². The fourth-order valence-electron chi connectivity index (χ4n) is 3.72. The molecule has 1 amide bonds. The lowest BCUT2D eigenvalue weighted by Crippen LogP contribution is -2.42. The molecule has 122 valence electrons. The Kier molecular flexibility index (Phi) is 6.13. The third-order valence-corrected chi connectivity index (χ3v) is 5.26. The third-order valence-electron chi connectivity index (χ3n) is 5.03. The zero-order chi connectivity index (χ0) is 14.7. The van der Waals surface area contributed by atoms with Crippen LogP contribution in [-0.2, 0) is 10.2 Å². The first-order valence-electron chi connectivity index (χ1n) is 7.94. The number of halogens is 2. The molecule has 0 spiro atoms. The molecule has 1 aliphatic carbocycles. The number of hydrogen-bond acceptors (Lipinski definition) is 2. The minimum absolute atomic E-state index is 0. The molecule has 1 heterocycles. The molecule has 1 saturated carbocycles. The van der Waals surface area contributed by atoms with Crippen LogP contribution in [0.1, 0.15) is 37.7 Å². The first kappa shape index (κ1) is 17.6. The van der Waals surface area contributed by atoms with E-state index in [1.807, 2.05) is 12.1 Å². The van der Waals surface area contributed by atoms with Crippen LogP contribution >= 0.6 is 24.0 Å². The molecule has 1 aliphatic heterocycles. The first-order valence-corrected chi connectivity index (χ1v) is 8.32. The van der Waals surface area contributed by atoms with Crippen molar-refractivity contribution in [2.45, 2.75) is 37.5 Å². The van der Waals surface area contributed by atoms with Crippen molar-refractivity contribution in [1.29, 1.82) is 0 Å². The zero-order valence-electron chi connectivity index (χ0n) is 12.7. The van der Waals surface area contributed by atoms with Gasteiger partial charge in [-0.3, -0.25) is 4.79 Å². The molecule has 3 nitrogen and oxygen atoms in total. The highest BCUT2D eigenvalue weighted by Crippen LogP contribution is 2.41. The average molecular weight is 343 g/mol. The summed E-state index contributed by atoms with van der Waals surface area (Å²) in [5, 5.41) is 7.24. The second-order valence-corrected chi connectivity index (χ2v) is 6.84. The fraction of sp³-hybridized carbons (Fsp3) is 0.588. The summed E-state index contributed by atoms with van der Waals surface area (Å²) < 4.78 is 0. The second-order valence-electron chi connectivity index (χ2n) is 6.41. The van der Waals surface area contributed by atoms with Crippen LogP contribution in [0, 0.1) is 5.92 Å². The van der Waals surface area contributed by atoms with Crippen LogP contribution in [0.4, 0.5) is 0 Å². The van der Waals surface area contributed by atoms with Crippen LogP contribution < -0.4 is 10.6 Å². The lowest BCUT2D eigenvalue weighted by molar-refractivity contribution is -0.124. The highest BCUT2D eigenvalue weighted by Gasteiger charge is 2.36. The Morgan fingerprint density at radius 1 is 1.36 bits per heavy atom. The molecule has 2 aliphatic rings. The first-order chi connectivity index (χ1) is 10.2. The van der Waals surface area contributed by atoms with Gasteiger partial charge in [0.05, 0.1) is 5.92 Å². The van der Waals surface area contributed by atoms with Crippen molar-refractivity contribution in [2.24, 2.45) is 5.92 Å². The quantitative estimate of drug-likeness (QED) is 0.881. The highest BCUT2D eigenvalue weighted by molar-refractivity contribution is 6.30. The van der Waals surface area contributed by atoms with Gasteiger partial charge in [-0.1, -0.05) is 36.6 Å². The Bertz CT molecular complexity index is 509. The van der Waals surface area contributed by atoms with E-state index in [0.717, 1.165) is 43.9 Å². The van der Waals surface area contributed by atoms with E-state index >= 15 is 0 Å². The van der Waals surface area contributed by atoms with Gasteiger partial charge in [0.15, 0.2) is 0 Å². The molecule has 0 aromatic heterocycles. The molecular formula is C17H24Cl2N2O. The average Bonchev–Trinajstić information content (AvgIpc) is 3.17. The summed E-state index contributed by atoms with van der Waals surface area (Å²) in [7, 11) is 0. The monoisotopic (exact) mass is 342 g/mol. The molecule has 1 atom stereocenters. The lowest BCUT2D eigenvalue weighted by Gasteiger charge is -2.30. The molecule has 1 aromatic carbocycles. The van der Waals surface area contributed by atoms with Gasteiger partial charge in [-0.2, -0.15) is 0 Å². The van der Waals surface area contributed by atoms with Gasteiger partial charge in [-0.15, -0.1) is 12.4 Å². The molecule has 3 rings (SSSR count). The maximum Gasteiger partial charge on any atom is 0.224 e. The van der Waals surface area contributed by atoms with Gasteiger partial charge in [0.2, 0.25) is 5.91 Å². The maximum absolute atomic E-state index is 12.3. The van der Waals surface area contributed by atoms with Gasteiger partial charge in [-0.05, 0) is 43.5 Å². The number of carbonyl (C=O) groups is 1. The van der Waals surface area contributed by atoms with E-state index in [0.29, 0.717) is 0 Å². The summed E-state index contributed by atoms with van der Waals surface area (Å²) in [6, 6.07) is 8.15. The zero-order valence-corrected chi connectivity index (χ0v) is 14.3. The van der Waals surface area contributed by atoms with E-state index in [2.05, 4.69) is 22.8 Å². The molecule has 1 aromatic rings. The molecule has 2 fully saturated rings. The van der Waals surface area contributed by atoms with Crippen LogP contribution in [-0.4, -0.2) is 25.5 Å². The van der Waals surface area contributed by atoms with E-state index < -0.39 is 0 Å². The number of rotatable bonds is 4. The van der Waals surface area contributed by atoms with E-state index in [-0.39, 0.29) is 29.6 Å². The summed E-state index contributed by atoms with van der Waals surface area (Å²) in [5.74, 6) is 0.344. The summed E-state index contributed by atoms with van der Waals surface area (Å²) in [6.45, 7) is 2.51. The minimum Gasteiger partial charge on any atom is -0.355 e. The van der Waals surface area contributed by atoms with E-state index in [4.69, 9.17) is 11.6 Å². The van der Waals surface area contributed by atoms with Gasteiger partial charge in [0.25, 0.3) is 0 Å². The van der Waals surface area contributed by atoms with Gasteiger partial charge in [0.1, 0.15) is 0 Å². The molecule has 1 saturated heterocycles. The number of hydrogen-bond donors (Lipinski definition) is 2. The number of carbonyl (C=O) groups excluding carboxylic acids is 1. The largest absolute Gasteiger partial charge is 0.355 e. The molecule has 22 heavy (non-hydrogen) atoms. The maximum atomic E-state index is 12.3. The summed E-state index contributed by atoms with van der Waals surface area (Å²) in [6.07, 6.45) is 5.68. The van der Waals surface area contributed by atoms with Gasteiger partial charge < -0.3 is 10.6 Å². The van der Waals surface area contributed by atoms with E-state index in [1.165, 1.54) is 18.4 Å². The van der Waals surface area contributed by atoms with Crippen molar-refractivity contribution in [3.8, 4) is 0 Å². The van der Waals surface area contributed by atoms with Crippen LogP contribution in [0.25, 0.3) is 0 Å². The third kappa shape index (κ3) is 3.76. The molecule has 1 unspecified atom stereocenters. The fourth-order valence-corrected chi connectivity index (χ4v) is 3.91. The standard InChI is InChI=1S/C17H23ClN2O.ClH/c18-15-5-3-4-14(10-15)17(7-1-2-8-17)12-20-16(21)13-6-9-19-11-13;/h3-5,10,13,19H,1-2,6-9,11-12H2,(H,20,21);1H. The second kappa shape index (κ2) is 7.67. The molecule has 2 N–H and O–H groups in total. The van der Waals surface area contributed by atoms with Crippen LogP contribution in [0.3, 0.4) is 0 Å². The highest BCUT2D eigenvalue weighted by atomic mass is 35.5. The summed E-state index contributed by atoms with van der Waals surface area (Å²) in [4.78, 5) is 12.3. The number of benzene rings is 1. The summed E-state index contributed by atoms with van der Waals surface area (Å²) in [5.41, 5.74) is 1.35. The van der Waals surface area contributed by atoms with Crippen molar-refractivity contribution in [2.75, 3.05) is 19.6 Å². The van der Waals surface area contributed by atoms with Crippen molar-refractivity contribution < 1.29 is 4.79 Å². The van der Waals surface area contributed by atoms with E-state index in [9.17, 15) is 4.79 Å². The predicted molar refractivity (Wildman–Crippen MR) is 92.8 cm³/mol. The molecule has 5 heteroatoms. The van der Waals surface area contributed by atoms with Crippen LogP contribution in [0.2, 0.25) is 5.02 Å². The molecule has 0 bridgehead atoms. The van der Waals surface area contributed by atoms with Crippen LogP contribution in [0.15, 0.2) is 24.3 Å². The SMILES string of the molecule is Cl.O=C(NCC1(c2cccc(Cl)c2)CCCC1)C1CCNC1. The molecular weight excluding hydrogens is 319 g/mol. The van der Waals surface area contributed by atoms with Crippen molar-refractivity contribution in [3.63, 3.8) is 0 Å². The predicted octanol–water partition coefficient (Wildman–Crippen LogP) is 3.30. The minimum atomic E-state index is 0. The Hall–Kier alpha value is -0.770. The van der Waals surface area contributed by atoms with Gasteiger partial charge in [0, 0.05) is 23.5 Å². The normalized spacial score (nSPS) is 23.0. The Morgan fingerprint density at radius 2 is 2.14 bits per heavy atom.